The van der Waals surface area contributed by atoms with Gasteiger partial charge >= 0.3 is 0 Å². The van der Waals surface area contributed by atoms with E-state index in [0.29, 0.717) is 0 Å². The molecule has 2 unspecified atom stereocenters. The van der Waals surface area contributed by atoms with E-state index in [1.54, 1.807) is 0 Å². The fourth-order valence-electron chi connectivity index (χ4n) is 1.96. The molecular weight excluding hydrogens is 258 g/mol. The second kappa shape index (κ2) is 7.73. The monoisotopic (exact) mass is 278 g/mol. The number of rotatable bonds is 6. The minimum absolute atomic E-state index is 0.0656. The summed E-state index contributed by atoms with van der Waals surface area (Å²) in [5.74, 6) is -0.385. The van der Waals surface area contributed by atoms with Gasteiger partial charge in [0.25, 0.3) is 0 Å². The van der Waals surface area contributed by atoms with Gasteiger partial charge in [-0.1, -0.05) is 0 Å². The van der Waals surface area contributed by atoms with Gasteiger partial charge in [-0.05, 0) is 0 Å². The van der Waals surface area contributed by atoms with Crippen LogP contribution in [0.3, 0.4) is 0 Å². The summed E-state index contributed by atoms with van der Waals surface area (Å²) < 4.78 is 10.4. The maximum Gasteiger partial charge on any atom is 0.217 e. The summed E-state index contributed by atoms with van der Waals surface area (Å²) in [6, 6.07) is -0.839. The molecule has 19 heavy (non-hydrogen) atoms. The Morgan fingerprint density at radius 3 is 2.79 bits per heavy atom. The van der Waals surface area contributed by atoms with E-state index >= 15 is 0 Å². The molecule has 111 valence electrons. The molecule has 1 fully saturated rings. The lowest BCUT2D eigenvalue weighted by atomic mass is 9.94. The molecule has 0 aromatic rings. The summed E-state index contributed by atoms with van der Waals surface area (Å²) >= 11 is 0. The fraction of sp³-hybridized carbons (Fsp3) is 0.818. The molecule has 5 atom stereocenters. The maximum absolute atomic E-state index is 11.1. The van der Waals surface area contributed by atoms with Gasteiger partial charge in [0, 0.05) is 13.3 Å². The smallest absolute Gasteiger partial charge is 0.217 e. The molecule has 1 radical (unpaired) electrons. The SMILES string of the molecule is CC(=O)N[C@H]1C([C@H](O)CO)OC(O[CH]CO)C[C@@H]1O. The normalized spacial score (nSPS) is 32.9. The number of hydrogen-bond donors (Lipinski definition) is 5. The average Bonchev–Trinajstić information content (AvgIpc) is 2.37. The van der Waals surface area contributed by atoms with Crippen molar-refractivity contribution in [3.63, 3.8) is 0 Å². The van der Waals surface area contributed by atoms with E-state index in [1.165, 1.54) is 6.92 Å². The lowest BCUT2D eigenvalue weighted by Crippen LogP contribution is -2.61. The molecule has 1 amide bonds. The summed E-state index contributed by atoms with van der Waals surface area (Å²) in [5, 5.41) is 39.7. The zero-order valence-electron chi connectivity index (χ0n) is 10.6. The highest BCUT2D eigenvalue weighted by molar-refractivity contribution is 5.73. The number of carbonyl (C=O) groups excluding carboxylic acids is 1. The van der Waals surface area contributed by atoms with Crippen LogP contribution in [0.25, 0.3) is 0 Å². The van der Waals surface area contributed by atoms with Crippen molar-refractivity contribution in [2.75, 3.05) is 13.2 Å². The number of amides is 1. The van der Waals surface area contributed by atoms with E-state index in [0.717, 1.165) is 6.61 Å². The number of nitrogens with one attached hydrogen (secondary N) is 1. The summed E-state index contributed by atoms with van der Waals surface area (Å²) in [7, 11) is 0. The number of ether oxygens (including phenoxy) is 2. The van der Waals surface area contributed by atoms with Crippen molar-refractivity contribution in [1.29, 1.82) is 0 Å². The molecular formula is C11H20NO7. The van der Waals surface area contributed by atoms with Crippen LogP contribution in [0.4, 0.5) is 0 Å². The Morgan fingerprint density at radius 2 is 2.26 bits per heavy atom. The Hall–Kier alpha value is -0.770. The first-order valence-electron chi connectivity index (χ1n) is 5.97. The van der Waals surface area contributed by atoms with Crippen LogP contribution in [-0.2, 0) is 14.3 Å². The van der Waals surface area contributed by atoms with Gasteiger partial charge in [-0.3, -0.25) is 4.79 Å². The van der Waals surface area contributed by atoms with Crippen molar-refractivity contribution >= 4 is 5.91 Å². The van der Waals surface area contributed by atoms with Gasteiger partial charge in [0.05, 0.1) is 25.4 Å². The second-order valence-electron chi connectivity index (χ2n) is 4.29. The molecule has 0 aromatic carbocycles. The third-order valence-corrected chi connectivity index (χ3v) is 2.77. The summed E-state index contributed by atoms with van der Waals surface area (Å²) in [6.07, 6.45) is -4.07. The Kier molecular flexibility index (Phi) is 6.63. The number of aliphatic hydroxyl groups excluding tert-OH is 4. The molecule has 0 saturated carbocycles. The maximum atomic E-state index is 11.1. The molecule has 1 aliphatic heterocycles. The first-order chi connectivity index (χ1) is 8.99. The van der Waals surface area contributed by atoms with Crippen molar-refractivity contribution in [1.82, 2.24) is 5.32 Å². The molecule has 1 aliphatic rings. The van der Waals surface area contributed by atoms with Crippen LogP contribution in [0.2, 0.25) is 0 Å². The van der Waals surface area contributed by atoms with Gasteiger partial charge in [0.15, 0.2) is 6.29 Å². The minimum atomic E-state index is -1.27. The van der Waals surface area contributed by atoms with Crippen LogP contribution >= 0.6 is 0 Å². The Morgan fingerprint density at radius 1 is 1.58 bits per heavy atom. The molecule has 5 N–H and O–H groups in total. The third kappa shape index (κ3) is 4.68. The quantitative estimate of drug-likeness (QED) is 0.363. The Bertz CT molecular complexity index is 288. The van der Waals surface area contributed by atoms with E-state index in [4.69, 9.17) is 19.7 Å². The van der Waals surface area contributed by atoms with Crippen LogP contribution in [0.15, 0.2) is 0 Å². The predicted octanol–water partition coefficient (Wildman–Crippen LogP) is -2.51. The van der Waals surface area contributed by atoms with Gasteiger partial charge in [-0.2, -0.15) is 0 Å². The van der Waals surface area contributed by atoms with Crippen molar-refractivity contribution in [2.24, 2.45) is 0 Å². The van der Waals surface area contributed by atoms with Gasteiger partial charge in [0.2, 0.25) is 5.91 Å². The van der Waals surface area contributed by atoms with Crippen LogP contribution in [0.5, 0.6) is 0 Å². The predicted molar refractivity (Wildman–Crippen MR) is 62.5 cm³/mol. The van der Waals surface area contributed by atoms with Crippen LogP contribution in [-0.4, -0.2) is 70.2 Å². The van der Waals surface area contributed by atoms with Crippen molar-refractivity contribution in [2.45, 2.75) is 44.0 Å². The Labute approximate surface area is 110 Å². The van der Waals surface area contributed by atoms with Crippen molar-refractivity contribution in [3.8, 4) is 0 Å². The molecule has 8 heteroatoms. The highest BCUT2D eigenvalue weighted by Gasteiger charge is 2.42. The number of carbonyl (C=O) groups is 1. The van der Waals surface area contributed by atoms with E-state index < -0.39 is 37.3 Å². The lowest BCUT2D eigenvalue weighted by Gasteiger charge is -2.41. The average molecular weight is 278 g/mol. The number of hydrogen-bond acceptors (Lipinski definition) is 7. The van der Waals surface area contributed by atoms with Crippen LogP contribution < -0.4 is 5.32 Å². The van der Waals surface area contributed by atoms with E-state index in [-0.39, 0.29) is 18.9 Å². The standard InChI is InChI=1S/C11H20NO7/c1-6(15)12-10-7(16)4-9(18-3-2-13)19-11(10)8(17)5-14/h3,7-11,13-14,16-17H,2,4-5H2,1H3,(H,12,15)/t7-,8+,9?,10+,11?/m0/s1. The van der Waals surface area contributed by atoms with Gasteiger partial charge < -0.3 is 35.2 Å². The van der Waals surface area contributed by atoms with E-state index in [9.17, 15) is 15.0 Å². The van der Waals surface area contributed by atoms with Crippen molar-refractivity contribution in [3.05, 3.63) is 6.61 Å². The topological polar surface area (TPSA) is 128 Å². The van der Waals surface area contributed by atoms with E-state index in [2.05, 4.69) is 5.32 Å². The first kappa shape index (κ1) is 16.3. The fourth-order valence-corrected chi connectivity index (χ4v) is 1.96. The zero-order valence-corrected chi connectivity index (χ0v) is 10.6. The molecule has 1 saturated heterocycles. The summed E-state index contributed by atoms with van der Waals surface area (Å²) in [6.45, 7) is 1.47. The van der Waals surface area contributed by atoms with Gasteiger partial charge in [0.1, 0.15) is 18.8 Å². The summed E-state index contributed by atoms with van der Waals surface area (Å²) in [4.78, 5) is 11.1. The van der Waals surface area contributed by atoms with Crippen LogP contribution in [0, 0.1) is 6.61 Å². The molecule has 0 spiro atoms. The second-order valence-corrected chi connectivity index (χ2v) is 4.29. The van der Waals surface area contributed by atoms with E-state index in [1.807, 2.05) is 0 Å². The number of aliphatic hydroxyl groups is 4. The zero-order chi connectivity index (χ0) is 14.4. The van der Waals surface area contributed by atoms with Crippen molar-refractivity contribution < 1.29 is 34.7 Å². The Balaban J connectivity index is 2.72. The molecule has 0 aromatic heterocycles. The largest absolute Gasteiger partial charge is 0.394 e. The third-order valence-electron chi connectivity index (χ3n) is 2.77. The molecule has 1 rings (SSSR count). The highest BCUT2D eigenvalue weighted by atomic mass is 16.7. The molecule has 0 bridgehead atoms. The van der Waals surface area contributed by atoms with Gasteiger partial charge in [-0.25, -0.2) is 0 Å². The molecule has 1 heterocycles. The first-order valence-corrected chi connectivity index (χ1v) is 5.97. The molecule has 8 nitrogen and oxygen atoms in total. The lowest BCUT2D eigenvalue weighted by molar-refractivity contribution is -0.238. The van der Waals surface area contributed by atoms with Crippen LogP contribution in [0.1, 0.15) is 13.3 Å². The van der Waals surface area contributed by atoms with Gasteiger partial charge in [-0.15, -0.1) is 0 Å². The summed E-state index contributed by atoms with van der Waals surface area (Å²) in [5.41, 5.74) is 0. The minimum Gasteiger partial charge on any atom is -0.394 e. The highest BCUT2D eigenvalue weighted by Crippen LogP contribution is 2.24. The molecule has 0 aliphatic carbocycles.